The largest absolute Gasteiger partial charge is 0.366 e. The third-order valence-corrected chi connectivity index (χ3v) is 5.25. The molecule has 0 unspecified atom stereocenters. The minimum absolute atomic E-state index is 0.155. The number of nitrogens with two attached hydrogens (primary N) is 1. The number of hydrogen-bond donors (Lipinski definition) is 2. The molecule has 2 aromatic rings. The van der Waals surface area contributed by atoms with Crippen LogP contribution in [0.15, 0.2) is 48.5 Å². The van der Waals surface area contributed by atoms with Gasteiger partial charge in [0, 0.05) is 0 Å². The number of aryl methyl sites for hydroxylation is 1. The van der Waals surface area contributed by atoms with E-state index in [4.69, 9.17) is 5.73 Å². The van der Waals surface area contributed by atoms with Crippen molar-refractivity contribution in [2.24, 2.45) is 5.73 Å². The lowest BCUT2D eigenvalue weighted by Crippen LogP contribution is -2.47. The Labute approximate surface area is 159 Å². The molecule has 0 aliphatic rings. The molecule has 0 spiro atoms. The van der Waals surface area contributed by atoms with Gasteiger partial charge in [-0.1, -0.05) is 36.8 Å². The number of nitrogens with zero attached hydrogens (tertiary/aromatic N) is 1. The Morgan fingerprint density at radius 2 is 1.70 bits per heavy atom. The number of hydrogen-bond acceptors (Lipinski definition) is 4. The van der Waals surface area contributed by atoms with Gasteiger partial charge >= 0.3 is 0 Å². The van der Waals surface area contributed by atoms with Gasteiger partial charge in [-0.3, -0.25) is 13.9 Å². The van der Waals surface area contributed by atoms with Crippen molar-refractivity contribution in [2.75, 3.05) is 15.9 Å². The Hall–Kier alpha value is -2.87. The highest BCUT2D eigenvalue weighted by atomic mass is 32.2. The molecule has 144 valence electrons. The number of sulfonamides is 1. The Morgan fingerprint density at radius 1 is 1.11 bits per heavy atom. The highest BCUT2D eigenvalue weighted by molar-refractivity contribution is 7.92. The van der Waals surface area contributed by atoms with E-state index in [1.807, 2.05) is 6.92 Å². The minimum Gasteiger partial charge on any atom is -0.366 e. The molecule has 2 amide bonds. The molecule has 0 bridgehead atoms. The zero-order chi connectivity index (χ0) is 20.2. The standard InChI is InChI=1S/C19H23N3O4S/c1-4-17(19(24)21-16-8-6-5-7-15(16)18(20)23)22(27(3,25)26)14-11-9-13(2)10-12-14/h5-12,17H,4H2,1-3H3,(H2,20,23)(H,21,24)/t17-/m1/s1. The summed E-state index contributed by atoms with van der Waals surface area (Å²) in [5.41, 5.74) is 7.10. The third-order valence-electron chi connectivity index (χ3n) is 4.07. The van der Waals surface area contributed by atoms with Crippen molar-refractivity contribution in [1.82, 2.24) is 0 Å². The number of para-hydroxylation sites is 1. The molecule has 2 rings (SSSR count). The monoisotopic (exact) mass is 389 g/mol. The highest BCUT2D eigenvalue weighted by Gasteiger charge is 2.31. The van der Waals surface area contributed by atoms with Crippen molar-refractivity contribution < 1.29 is 18.0 Å². The summed E-state index contributed by atoms with van der Waals surface area (Å²) in [5, 5.41) is 2.63. The van der Waals surface area contributed by atoms with Crippen LogP contribution in [-0.2, 0) is 14.8 Å². The van der Waals surface area contributed by atoms with Crippen LogP contribution in [0.1, 0.15) is 29.3 Å². The van der Waals surface area contributed by atoms with E-state index < -0.39 is 27.9 Å². The summed E-state index contributed by atoms with van der Waals surface area (Å²) in [5.74, 6) is -1.23. The number of nitrogens with one attached hydrogen (secondary N) is 1. The summed E-state index contributed by atoms with van der Waals surface area (Å²) < 4.78 is 25.9. The Morgan fingerprint density at radius 3 is 2.22 bits per heavy atom. The van der Waals surface area contributed by atoms with Gasteiger partial charge in [0.25, 0.3) is 5.91 Å². The first-order valence-electron chi connectivity index (χ1n) is 8.41. The maximum Gasteiger partial charge on any atom is 0.250 e. The van der Waals surface area contributed by atoms with Crippen LogP contribution in [0.2, 0.25) is 0 Å². The number of anilines is 2. The molecule has 0 heterocycles. The number of carbonyl (C=O) groups excluding carboxylic acids is 2. The summed E-state index contributed by atoms with van der Waals surface area (Å²) in [6, 6.07) is 12.2. The van der Waals surface area contributed by atoms with Crippen molar-refractivity contribution in [1.29, 1.82) is 0 Å². The van der Waals surface area contributed by atoms with E-state index in [-0.39, 0.29) is 17.7 Å². The summed E-state index contributed by atoms with van der Waals surface area (Å²) in [6.45, 7) is 3.61. The minimum atomic E-state index is -3.73. The van der Waals surface area contributed by atoms with E-state index in [0.717, 1.165) is 16.1 Å². The summed E-state index contributed by atoms with van der Waals surface area (Å²) >= 11 is 0. The average molecular weight is 389 g/mol. The molecule has 0 aliphatic carbocycles. The lowest BCUT2D eigenvalue weighted by atomic mass is 10.1. The molecule has 8 heteroatoms. The van der Waals surface area contributed by atoms with E-state index in [0.29, 0.717) is 5.69 Å². The molecule has 1 atom stereocenters. The van der Waals surface area contributed by atoms with Gasteiger partial charge in [0.15, 0.2) is 0 Å². The lowest BCUT2D eigenvalue weighted by molar-refractivity contribution is -0.117. The van der Waals surface area contributed by atoms with Crippen LogP contribution in [0, 0.1) is 6.92 Å². The SMILES string of the molecule is CC[C@H](C(=O)Nc1ccccc1C(N)=O)N(c1ccc(C)cc1)S(C)(=O)=O. The fraction of sp³-hybridized carbons (Fsp3) is 0.263. The number of amides is 2. The average Bonchev–Trinajstić information content (AvgIpc) is 2.59. The van der Waals surface area contributed by atoms with Crippen LogP contribution in [-0.4, -0.2) is 32.5 Å². The first kappa shape index (κ1) is 20.4. The van der Waals surface area contributed by atoms with Crippen molar-refractivity contribution in [3.8, 4) is 0 Å². The van der Waals surface area contributed by atoms with E-state index in [9.17, 15) is 18.0 Å². The number of primary amides is 1. The van der Waals surface area contributed by atoms with Crippen LogP contribution in [0.25, 0.3) is 0 Å². The van der Waals surface area contributed by atoms with Gasteiger partial charge < -0.3 is 11.1 Å². The molecule has 7 nitrogen and oxygen atoms in total. The summed E-state index contributed by atoms with van der Waals surface area (Å²) in [6.07, 6.45) is 1.30. The van der Waals surface area contributed by atoms with Gasteiger partial charge in [-0.25, -0.2) is 8.42 Å². The first-order chi connectivity index (χ1) is 12.6. The maximum absolute atomic E-state index is 12.9. The zero-order valence-electron chi connectivity index (χ0n) is 15.5. The van der Waals surface area contributed by atoms with Crippen molar-refractivity contribution >= 4 is 33.2 Å². The Balaban J connectivity index is 2.41. The maximum atomic E-state index is 12.9. The van der Waals surface area contributed by atoms with Crippen LogP contribution >= 0.6 is 0 Å². The van der Waals surface area contributed by atoms with Gasteiger partial charge in [0.2, 0.25) is 15.9 Å². The number of rotatable bonds is 7. The van der Waals surface area contributed by atoms with Gasteiger partial charge in [0.05, 0.1) is 23.2 Å². The van der Waals surface area contributed by atoms with Crippen LogP contribution in [0.5, 0.6) is 0 Å². The number of benzene rings is 2. The molecule has 0 radical (unpaired) electrons. The van der Waals surface area contributed by atoms with Gasteiger partial charge in [-0.2, -0.15) is 0 Å². The molecule has 27 heavy (non-hydrogen) atoms. The van der Waals surface area contributed by atoms with E-state index >= 15 is 0 Å². The molecule has 0 saturated carbocycles. The highest BCUT2D eigenvalue weighted by Crippen LogP contribution is 2.24. The van der Waals surface area contributed by atoms with E-state index in [2.05, 4.69) is 5.32 Å². The predicted molar refractivity (Wildman–Crippen MR) is 106 cm³/mol. The first-order valence-corrected chi connectivity index (χ1v) is 10.3. The fourth-order valence-corrected chi connectivity index (χ4v) is 3.99. The fourth-order valence-electron chi connectivity index (χ4n) is 2.77. The van der Waals surface area contributed by atoms with Gasteiger partial charge in [0.1, 0.15) is 6.04 Å². The molecule has 2 aromatic carbocycles. The molecule has 0 aromatic heterocycles. The zero-order valence-corrected chi connectivity index (χ0v) is 16.3. The number of carbonyl (C=O) groups is 2. The Kier molecular flexibility index (Phi) is 6.22. The molecule has 3 N–H and O–H groups in total. The quantitative estimate of drug-likeness (QED) is 0.757. The summed E-state index contributed by atoms with van der Waals surface area (Å²) in [4.78, 5) is 24.4. The lowest BCUT2D eigenvalue weighted by Gasteiger charge is -2.30. The van der Waals surface area contributed by atoms with Crippen molar-refractivity contribution in [2.45, 2.75) is 26.3 Å². The smallest absolute Gasteiger partial charge is 0.250 e. The molecular weight excluding hydrogens is 366 g/mol. The van der Waals surface area contributed by atoms with E-state index in [1.165, 1.54) is 6.07 Å². The molecule has 0 aliphatic heterocycles. The topological polar surface area (TPSA) is 110 Å². The predicted octanol–water partition coefficient (Wildman–Crippen LogP) is 2.28. The Bertz CT molecular complexity index is 940. The van der Waals surface area contributed by atoms with Crippen LogP contribution in [0.3, 0.4) is 0 Å². The summed E-state index contributed by atoms with van der Waals surface area (Å²) in [7, 11) is -3.73. The molecular formula is C19H23N3O4S. The second-order valence-electron chi connectivity index (χ2n) is 6.22. The molecule has 0 saturated heterocycles. The van der Waals surface area contributed by atoms with Crippen molar-refractivity contribution in [3.63, 3.8) is 0 Å². The molecule has 0 fully saturated rings. The second-order valence-corrected chi connectivity index (χ2v) is 8.08. The van der Waals surface area contributed by atoms with Gasteiger partial charge in [-0.15, -0.1) is 0 Å². The second kappa shape index (κ2) is 8.22. The van der Waals surface area contributed by atoms with E-state index in [1.54, 1.807) is 49.4 Å². The van der Waals surface area contributed by atoms with Gasteiger partial charge in [-0.05, 0) is 37.6 Å². The third kappa shape index (κ3) is 4.85. The van der Waals surface area contributed by atoms with Crippen LogP contribution in [0.4, 0.5) is 11.4 Å². The van der Waals surface area contributed by atoms with Crippen molar-refractivity contribution in [3.05, 3.63) is 59.7 Å². The normalized spacial score (nSPS) is 12.3. The van der Waals surface area contributed by atoms with Crippen LogP contribution < -0.4 is 15.4 Å².